The lowest BCUT2D eigenvalue weighted by molar-refractivity contribution is 0.407. The molecule has 1 aromatic heterocycles. The summed E-state index contributed by atoms with van der Waals surface area (Å²) in [6.07, 6.45) is 6.46. The smallest absolute Gasteiger partial charge is 0.159 e. The topological polar surface area (TPSA) is 26.0 Å². The highest BCUT2D eigenvalue weighted by molar-refractivity contribution is 5.67. The summed E-state index contributed by atoms with van der Waals surface area (Å²) in [7, 11) is 0. The van der Waals surface area contributed by atoms with Gasteiger partial charge in [-0.1, -0.05) is 47.6 Å². The van der Waals surface area contributed by atoms with Crippen molar-refractivity contribution in [3.63, 3.8) is 0 Å². The van der Waals surface area contributed by atoms with E-state index in [9.17, 15) is 0 Å². The van der Waals surface area contributed by atoms with E-state index in [0.29, 0.717) is 0 Å². The van der Waals surface area contributed by atoms with Crippen molar-refractivity contribution in [2.24, 2.45) is 0 Å². The van der Waals surface area contributed by atoms with Gasteiger partial charge in [0.05, 0.1) is 5.69 Å². The lowest BCUT2D eigenvalue weighted by atomic mass is 10.2. The third-order valence-electron chi connectivity index (χ3n) is 2.17. The zero-order chi connectivity index (χ0) is 11.2. The minimum absolute atomic E-state index is 0.739. The lowest BCUT2D eigenvalue weighted by Gasteiger charge is -1.88. The van der Waals surface area contributed by atoms with Gasteiger partial charge in [0.2, 0.25) is 0 Å². The van der Waals surface area contributed by atoms with Crippen molar-refractivity contribution >= 4 is 12.2 Å². The van der Waals surface area contributed by atoms with Crippen molar-refractivity contribution in [1.82, 2.24) is 5.16 Å². The fourth-order valence-corrected chi connectivity index (χ4v) is 1.39. The first-order valence-corrected chi connectivity index (χ1v) is 5.18. The number of benzene rings is 1. The number of nitrogens with zero attached hydrogens (tertiary/aromatic N) is 1. The maximum absolute atomic E-state index is 5.15. The SMILES string of the molecule is C=CCc1cc(C=Cc2ccccc2)on1. The van der Waals surface area contributed by atoms with E-state index in [1.807, 2.05) is 54.6 Å². The third-order valence-corrected chi connectivity index (χ3v) is 2.17. The van der Waals surface area contributed by atoms with Crippen LogP contribution >= 0.6 is 0 Å². The van der Waals surface area contributed by atoms with E-state index in [4.69, 9.17) is 4.52 Å². The van der Waals surface area contributed by atoms with E-state index in [-0.39, 0.29) is 0 Å². The summed E-state index contributed by atoms with van der Waals surface area (Å²) in [5, 5.41) is 3.92. The molecule has 0 bridgehead atoms. The summed E-state index contributed by atoms with van der Waals surface area (Å²) in [5.41, 5.74) is 2.05. The van der Waals surface area contributed by atoms with Gasteiger partial charge < -0.3 is 4.52 Å². The van der Waals surface area contributed by atoms with Gasteiger partial charge in [0.1, 0.15) is 0 Å². The maximum Gasteiger partial charge on any atom is 0.159 e. The summed E-state index contributed by atoms with van der Waals surface area (Å²) in [5.74, 6) is 0.765. The second-order valence-electron chi connectivity index (χ2n) is 3.46. The Morgan fingerprint density at radius 2 is 2.00 bits per heavy atom. The molecule has 2 aromatic rings. The summed E-state index contributed by atoms with van der Waals surface area (Å²) >= 11 is 0. The Labute approximate surface area is 94.9 Å². The molecule has 0 N–H and O–H groups in total. The summed E-state index contributed by atoms with van der Waals surface area (Å²) in [6.45, 7) is 3.66. The highest BCUT2D eigenvalue weighted by Crippen LogP contribution is 2.10. The van der Waals surface area contributed by atoms with E-state index in [0.717, 1.165) is 23.4 Å². The number of rotatable bonds is 4. The van der Waals surface area contributed by atoms with Crippen LogP contribution in [-0.2, 0) is 6.42 Å². The van der Waals surface area contributed by atoms with Gasteiger partial charge in [0.25, 0.3) is 0 Å². The Balaban J connectivity index is 2.08. The highest BCUT2D eigenvalue weighted by atomic mass is 16.5. The molecule has 0 saturated carbocycles. The molecule has 0 unspecified atom stereocenters. The minimum atomic E-state index is 0.739. The molecule has 0 aliphatic heterocycles. The number of allylic oxidation sites excluding steroid dienone is 1. The Morgan fingerprint density at radius 1 is 1.19 bits per heavy atom. The molecule has 0 radical (unpaired) electrons. The van der Waals surface area contributed by atoms with E-state index in [2.05, 4.69) is 11.7 Å². The van der Waals surface area contributed by atoms with E-state index in [1.54, 1.807) is 0 Å². The van der Waals surface area contributed by atoms with Crippen molar-refractivity contribution in [2.45, 2.75) is 6.42 Å². The number of hydrogen-bond acceptors (Lipinski definition) is 2. The van der Waals surface area contributed by atoms with Crippen LogP contribution in [0.25, 0.3) is 12.2 Å². The van der Waals surface area contributed by atoms with Crippen LogP contribution in [0.3, 0.4) is 0 Å². The average molecular weight is 211 g/mol. The van der Waals surface area contributed by atoms with Gasteiger partial charge in [-0.2, -0.15) is 0 Å². The van der Waals surface area contributed by atoms with Crippen LogP contribution in [0.15, 0.2) is 53.6 Å². The van der Waals surface area contributed by atoms with E-state index >= 15 is 0 Å². The molecule has 16 heavy (non-hydrogen) atoms. The first-order valence-electron chi connectivity index (χ1n) is 5.18. The van der Waals surface area contributed by atoms with Gasteiger partial charge in [-0.05, 0) is 11.6 Å². The monoisotopic (exact) mass is 211 g/mol. The number of aromatic nitrogens is 1. The normalized spacial score (nSPS) is 10.8. The van der Waals surface area contributed by atoms with Crippen molar-refractivity contribution in [1.29, 1.82) is 0 Å². The van der Waals surface area contributed by atoms with Gasteiger partial charge in [0.15, 0.2) is 5.76 Å². The minimum Gasteiger partial charge on any atom is -0.357 e. The fraction of sp³-hybridized carbons (Fsp3) is 0.0714. The van der Waals surface area contributed by atoms with Gasteiger partial charge in [-0.3, -0.25) is 0 Å². The fourth-order valence-electron chi connectivity index (χ4n) is 1.39. The van der Waals surface area contributed by atoms with Crippen LogP contribution in [0, 0.1) is 0 Å². The molecule has 0 aliphatic rings. The summed E-state index contributed by atoms with van der Waals surface area (Å²) in [4.78, 5) is 0. The largest absolute Gasteiger partial charge is 0.357 e. The van der Waals surface area contributed by atoms with Crippen LogP contribution in [0.4, 0.5) is 0 Å². The van der Waals surface area contributed by atoms with E-state index in [1.165, 1.54) is 0 Å². The van der Waals surface area contributed by atoms with Gasteiger partial charge in [-0.15, -0.1) is 6.58 Å². The molecule has 1 heterocycles. The molecule has 80 valence electrons. The summed E-state index contributed by atoms with van der Waals surface area (Å²) in [6, 6.07) is 12.0. The Hall–Kier alpha value is -2.09. The molecule has 2 rings (SSSR count). The Morgan fingerprint density at radius 3 is 2.75 bits per heavy atom. The predicted octanol–water partition coefficient (Wildman–Crippen LogP) is 3.57. The molecular weight excluding hydrogens is 198 g/mol. The van der Waals surface area contributed by atoms with E-state index < -0.39 is 0 Å². The molecular formula is C14H13NO. The zero-order valence-corrected chi connectivity index (χ0v) is 8.97. The van der Waals surface area contributed by atoms with Crippen molar-refractivity contribution < 1.29 is 4.52 Å². The van der Waals surface area contributed by atoms with Gasteiger partial charge >= 0.3 is 0 Å². The molecule has 0 aliphatic carbocycles. The van der Waals surface area contributed by atoms with Crippen LogP contribution in [0.5, 0.6) is 0 Å². The molecule has 2 nitrogen and oxygen atoms in total. The Kier molecular flexibility index (Phi) is 3.34. The lowest BCUT2D eigenvalue weighted by Crippen LogP contribution is -1.76. The quantitative estimate of drug-likeness (QED) is 0.722. The summed E-state index contributed by atoms with van der Waals surface area (Å²) < 4.78 is 5.15. The molecule has 0 amide bonds. The molecule has 0 fully saturated rings. The van der Waals surface area contributed by atoms with Crippen LogP contribution < -0.4 is 0 Å². The zero-order valence-electron chi connectivity index (χ0n) is 8.97. The second-order valence-corrected chi connectivity index (χ2v) is 3.46. The van der Waals surface area contributed by atoms with Crippen LogP contribution in [0.2, 0.25) is 0 Å². The highest BCUT2D eigenvalue weighted by Gasteiger charge is 1.98. The van der Waals surface area contributed by atoms with Crippen molar-refractivity contribution in [2.75, 3.05) is 0 Å². The molecule has 0 atom stereocenters. The average Bonchev–Trinajstić information content (AvgIpc) is 2.76. The Bertz CT molecular complexity index is 482. The van der Waals surface area contributed by atoms with Crippen molar-refractivity contribution in [3.8, 4) is 0 Å². The molecule has 1 aromatic carbocycles. The third kappa shape index (κ3) is 2.70. The predicted molar refractivity (Wildman–Crippen MR) is 65.8 cm³/mol. The molecule has 0 spiro atoms. The van der Waals surface area contributed by atoms with Gasteiger partial charge in [0, 0.05) is 12.5 Å². The van der Waals surface area contributed by atoms with Crippen LogP contribution in [-0.4, -0.2) is 5.16 Å². The van der Waals surface area contributed by atoms with Crippen molar-refractivity contribution in [3.05, 3.63) is 66.1 Å². The first-order chi connectivity index (χ1) is 7.88. The maximum atomic E-state index is 5.15. The van der Waals surface area contributed by atoms with Gasteiger partial charge in [-0.25, -0.2) is 0 Å². The van der Waals surface area contributed by atoms with Crippen LogP contribution in [0.1, 0.15) is 17.0 Å². The second kappa shape index (κ2) is 5.12. The first kappa shape index (κ1) is 10.4. The number of hydrogen-bond donors (Lipinski definition) is 0. The molecule has 0 saturated heterocycles. The molecule has 2 heteroatoms. The standard InChI is InChI=1S/C14H13NO/c1-2-6-13-11-14(16-15-13)10-9-12-7-4-3-5-8-12/h2-5,7-11H,1,6H2.